The molecule has 0 aromatic rings. The van der Waals surface area contributed by atoms with E-state index >= 15 is 0 Å². The molecule has 0 aliphatic heterocycles. The summed E-state index contributed by atoms with van der Waals surface area (Å²) in [5.41, 5.74) is 0. The van der Waals surface area contributed by atoms with Gasteiger partial charge in [-0.25, -0.2) is 0 Å². The van der Waals surface area contributed by atoms with Crippen molar-refractivity contribution in [2.45, 2.75) is 84.1 Å². The van der Waals surface area contributed by atoms with Gasteiger partial charge in [0.05, 0.1) is 25.7 Å². The average Bonchev–Trinajstić information content (AvgIpc) is 2.64. The van der Waals surface area contributed by atoms with Crippen LogP contribution in [0.1, 0.15) is 32.6 Å². The van der Waals surface area contributed by atoms with E-state index in [-0.39, 0.29) is 24.1 Å². The van der Waals surface area contributed by atoms with Gasteiger partial charge in [0, 0.05) is 0 Å². The van der Waals surface area contributed by atoms with Gasteiger partial charge in [-0.05, 0) is 64.0 Å². The first-order valence-corrected chi connectivity index (χ1v) is 15.7. The Balaban J connectivity index is 2.99. The molecule has 0 aromatic heterocycles. The summed E-state index contributed by atoms with van der Waals surface area (Å²) in [5, 5.41) is 0. The summed E-state index contributed by atoms with van der Waals surface area (Å²) in [5.74, 6) is 0.483. The highest BCUT2D eigenvalue weighted by Crippen LogP contribution is 2.43. The molecule has 0 unspecified atom stereocenters. The molecule has 0 saturated heterocycles. The van der Waals surface area contributed by atoms with Gasteiger partial charge < -0.3 is 13.6 Å². The summed E-state index contributed by atoms with van der Waals surface area (Å²) < 4.78 is 17.9. The molecule has 0 N–H and O–H groups in total. The Kier molecular flexibility index (Phi) is 7.50. The van der Waals surface area contributed by atoms with Gasteiger partial charge in [-0.15, -0.1) is 0 Å². The Morgan fingerprint density at radius 2 is 1.43 bits per heavy atom. The van der Waals surface area contributed by atoms with Crippen LogP contribution in [0.2, 0.25) is 39.3 Å². The molecule has 23 heavy (non-hydrogen) atoms. The van der Waals surface area contributed by atoms with Crippen molar-refractivity contribution < 1.29 is 18.4 Å². The number of methoxy groups -OCH3 is 1. The molecule has 1 rings (SSSR count). The highest BCUT2D eigenvalue weighted by Gasteiger charge is 2.47. The van der Waals surface area contributed by atoms with Gasteiger partial charge in [-0.1, -0.05) is 13.3 Å². The van der Waals surface area contributed by atoms with Crippen LogP contribution in [-0.2, 0) is 18.4 Å². The van der Waals surface area contributed by atoms with Gasteiger partial charge in [0.2, 0.25) is 0 Å². The maximum atomic E-state index is 11.9. The van der Waals surface area contributed by atoms with Gasteiger partial charge >= 0.3 is 5.97 Å². The first-order chi connectivity index (χ1) is 10.5. The lowest BCUT2D eigenvalue weighted by atomic mass is 9.87. The molecule has 1 aliphatic rings. The number of ether oxygens (including phenoxy) is 1. The minimum Gasteiger partial charge on any atom is -0.469 e. The zero-order valence-electron chi connectivity index (χ0n) is 16.3. The highest BCUT2D eigenvalue weighted by atomic mass is 28.4. The molecular weight excluding hydrogens is 324 g/mol. The van der Waals surface area contributed by atoms with Crippen molar-refractivity contribution in [3.05, 3.63) is 0 Å². The van der Waals surface area contributed by atoms with Crippen LogP contribution in [0.4, 0.5) is 0 Å². The summed E-state index contributed by atoms with van der Waals surface area (Å²) in [6.45, 7) is 15.5. The van der Waals surface area contributed by atoms with Crippen LogP contribution in [0.15, 0.2) is 0 Å². The standard InChI is InChI=1S/C17H36O4Si2/c1-9-10-13-14(11-17(18)19-2)16(21-23(6,7)8)12-15(13)20-22(3,4)5/h13-16H,9-12H2,1-8H3/t13-,14+,15+,16+/m1/s1. The lowest BCUT2D eigenvalue weighted by Crippen LogP contribution is -2.36. The van der Waals surface area contributed by atoms with E-state index in [1.807, 2.05) is 0 Å². The average molecular weight is 361 g/mol. The van der Waals surface area contributed by atoms with Crippen LogP contribution in [0.5, 0.6) is 0 Å². The zero-order valence-corrected chi connectivity index (χ0v) is 18.3. The van der Waals surface area contributed by atoms with Crippen molar-refractivity contribution in [3.8, 4) is 0 Å². The molecule has 0 aromatic carbocycles. The third-order valence-electron chi connectivity index (χ3n) is 4.23. The summed E-state index contributed by atoms with van der Waals surface area (Å²) in [7, 11) is -1.81. The van der Waals surface area contributed by atoms with Crippen LogP contribution < -0.4 is 0 Å². The maximum absolute atomic E-state index is 11.9. The summed E-state index contributed by atoms with van der Waals surface area (Å²) >= 11 is 0. The number of esters is 1. The second kappa shape index (κ2) is 8.27. The van der Waals surface area contributed by atoms with Gasteiger partial charge in [-0.3, -0.25) is 4.79 Å². The number of carbonyl (C=O) groups excluding carboxylic acids is 1. The van der Waals surface area contributed by atoms with E-state index in [2.05, 4.69) is 46.2 Å². The lowest BCUT2D eigenvalue weighted by Gasteiger charge is -2.30. The maximum Gasteiger partial charge on any atom is 0.305 e. The van der Waals surface area contributed by atoms with E-state index in [1.54, 1.807) is 0 Å². The van der Waals surface area contributed by atoms with E-state index in [9.17, 15) is 4.79 Å². The first-order valence-electron chi connectivity index (χ1n) is 8.89. The molecule has 0 heterocycles. The Morgan fingerprint density at radius 1 is 0.957 bits per heavy atom. The number of rotatable bonds is 8. The Hall–Kier alpha value is -0.176. The first kappa shape index (κ1) is 20.9. The van der Waals surface area contributed by atoms with Gasteiger partial charge in [0.25, 0.3) is 0 Å². The van der Waals surface area contributed by atoms with Crippen LogP contribution in [0, 0.1) is 11.8 Å². The fraction of sp³-hybridized carbons (Fsp3) is 0.941. The fourth-order valence-corrected chi connectivity index (χ4v) is 5.96. The Morgan fingerprint density at radius 3 is 1.83 bits per heavy atom. The summed E-state index contributed by atoms with van der Waals surface area (Å²) in [4.78, 5) is 11.9. The topological polar surface area (TPSA) is 44.8 Å². The Labute approximate surface area is 144 Å². The molecule has 0 bridgehead atoms. The smallest absolute Gasteiger partial charge is 0.305 e. The largest absolute Gasteiger partial charge is 0.469 e. The molecule has 6 heteroatoms. The SMILES string of the molecule is CCC[C@@H]1[C@H](CC(=O)OC)[C@@H](O[Si](C)(C)C)C[C@@H]1O[Si](C)(C)C. The number of carbonyl (C=O) groups is 1. The normalized spacial score (nSPS) is 28.9. The third-order valence-corrected chi connectivity index (χ3v) is 6.25. The van der Waals surface area contributed by atoms with Gasteiger partial charge in [0.1, 0.15) is 0 Å². The second-order valence-electron chi connectivity index (χ2n) is 8.67. The van der Waals surface area contributed by atoms with Crippen molar-refractivity contribution in [2.24, 2.45) is 11.8 Å². The molecule has 0 radical (unpaired) electrons. The van der Waals surface area contributed by atoms with E-state index in [0.29, 0.717) is 12.3 Å². The molecule has 1 fully saturated rings. The van der Waals surface area contributed by atoms with E-state index in [0.717, 1.165) is 19.3 Å². The fourth-order valence-electron chi connectivity index (χ4n) is 3.60. The predicted molar refractivity (Wildman–Crippen MR) is 99.6 cm³/mol. The van der Waals surface area contributed by atoms with Crippen molar-refractivity contribution >= 4 is 22.6 Å². The quantitative estimate of drug-likeness (QED) is 0.474. The molecular formula is C17H36O4Si2. The summed E-state index contributed by atoms with van der Waals surface area (Å²) in [6, 6.07) is 0. The molecule has 0 spiro atoms. The van der Waals surface area contributed by atoms with Crippen LogP contribution >= 0.6 is 0 Å². The lowest BCUT2D eigenvalue weighted by molar-refractivity contribution is -0.143. The number of hydrogen-bond donors (Lipinski definition) is 0. The highest BCUT2D eigenvalue weighted by molar-refractivity contribution is 6.70. The monoisotopic (exact) mass is 360 g/mol. The van der Waals surface area contributed by atoms with Crippen LogP contribution in [0.3, 0.4) is 0 Å². The second-order valence-corrected chi connectivity index (χ2v) is 17.6. The van der Waals surface area contributed by atoms with Crippen LogP contribution in [0.25, 0.3) is 0 Å². The van der Waals surface area contributed by atoms with E-state index < -0.39 is 16.6 Å². The van der Waals surface area contributed by atoms with Crippen molar-refractivity contribution in [3.63, 3.8) is 0 Å². The predicted octanol–water partition coefficient (Wildman–Crippen LogP) is 4.43. The van der Waals surface area contributed by atoms with Crippen LogP contribution in [-0.4, -0.2) is 41.9 Å². The van der Waals surface area contributed by atoms with Crippen molar-refractivity contribution in [1.29, 1.82) is 0 Å². The molecule has 136 valence electrons. The molecule has 4 nitrogen and oxygen atoms in total. The molecule has 0 amide bonds. The third kappa shape index (κ3) is 7.07. The molecule has 4 atom stereocenters. The van der Waals surface area contributed by atoms with Gasteiger partial charge in [0.15, 0.2) is 16.6 Å². The van der Waals surface area contributed by atoms with E-state index in [1.165, 1.54) is 7.11 Å². The van der Waals surface area contributed by atoms with E-state index in [4.69, 9.17) is 13.6 Å². The molecule has 1 saturated carbocycles. The molecule has 1 aliphatic carbocycles. The van der Waals surface area contributed by atoms with Crippen molar-refractivity contribution in [2.75, 3.05) is 7.11 Å². The minimum absolute atomic E-state index is 0.124. The van der Waals surface area contributed by atoms with Crippen molar-refractivity contribution in [1.82, 2.24) is 0 Å². The minimum atomic E-state index is -1.66. The van der Waals surface area contributed by atoms with Gasteiger partial charge in [-0.2, -0.15) is 0 Å². The Bertz CT molecular complexity index is 387. The zero-order chi connectivity index (χ0) is 17.8. The summed E-state index contributed by atoms with van der Waals surface area (Å²) in [6.07, 6.45) is 3.90. The number of hydrogen-bond acceptors (Lipinski definition) is 4.